The van der Waals surface area contributed by atoms with Gasteiger partial charge in [0.25, 0.3) is 0 Å². The Hall–Kier alpha value is -4.02. The van der Waals surface area contributed by atoms with E-state index in [1.165, 1.54) is 0 Å². The average molecular weight is 634 g/mol. The van der Waals surface area contributed by atoms with Crippen LogP contribution in [0.5, 0.6) is 5.75 Å². The molecule has 5 aromatic rings. The second-order valence-corrected chi connectivity index (χ2v) is 13.5. The van der Waals surface area contributed by atoms with Crippen molar-refractivity contribution in [3.05, 3.63) is 72.6 Å². The number of para-hydroxylation sites is 1. The van der Waals surface area contributed by atoms with Gasteiger partial charge < -0.3 is 24.3 Å². The molecule has 0 amide bonds. The molecular weight excluding hydrogens is 593 g/mol. The summed E-state index contributed by atoms with van der Waals surface area (Å²) in [5, 5.41) is 5.32. The van der Waals surface area contributed by atoms with Crippen molar-refractivity contribution in [3.8, 4) is 5.75 Å². The number of nitrogens with zero attached hydrogens (tertiary/aromatic N) is 3. The van der Waals surface area contributed by atoms with E-state index in [4.69, 9.17) is 29.2 Å². The van der Waals surface area contributed by atoms with Gasteiger partial charge in [0, 0.05) is 17.4 Å². The zero-order valence-corrected chi connectivity index (χ0v) is 27.3. The van der Waals surface area contributed by atoms with Crippen LogP contribution in [0.25, 0.3) is 32.7 Å². The molecule has 0 aliphatic carbocycles. The number of carbonyl (C=O) groups is 1. The number of benzene rings is 3. The Kier molecular flexibility index (Phi) is 9.46. The largest absolute Gasteiger partial charge is 0.459 e. The number of esters is 1. The van der Waals surface area contributed by atoms with E-state index >= 15 is 0 Å². The number of nitrogens with one attached hydrogen (secondary N) is 1. The van der Waals surface area contributed by atoms with Crippen molar-refractivity contribution in [3.63, 3.8) is 0 Å². The number of carbonyl (C=O) groups excluding carboxylic acids is 1. The lowest BCUT2D eigenvalue weighted by atomic mass is 10.1. The van der Waals surface area contributed by atoms with E-state index in [1.807, 2.05) is 79.1 Å². The van der Waals surface area contributed by atoms with Gasteiger partial charge in [-0.1, -0.05) is 54.6 Å². The fourth-order valence-corrected chi connectivity index (χ4v) is 6.68. The van der Waals surface area contributed by atoms with Gasteiger partial charge >= 0.3 is 13.7 Å². The van der Waals surface area contributed by atoms with Gasteiger partial charge in [-0.2, -0.15) is 5.09 Å². The predicted octanol–water partition coefficient (Wildman–Crippen LogP) is 6.94. The van der Waals surface area contributed by atoms with Crippen LogP contribution >= 0.6 is 7.75 Å². The van der Waals surface area contributed by atoms with Gasteiger partial charge in [0.1, 0.15) is 35.3 Å². The summed E-state index contributed by atoms with van der Waals surface area (Å²) in [6.45, 7) is 11.3. The number of anilines is 1. The van der Waals surface area contributed by atoms with E-state index in [-0.39, 0.29) is 13.2 Å². The normalized spacial score (nSPS) is 14.8. The number of hydrogen-bond acceptors (Lipinski definition) is 9. The van der Waals surface area contributed by atoms with Gasteiger partial charge in [0.2, 0.25) is 0 Å². The number of rotatable bonds is 12. The number of ether oxygens (including phenoxy) is 2. The minimum atomic E-state index is -4.18. The van der Waals surface area contributed by atoms with Gasteiger partial charge in [-0.3, -0.25) is 9.32 Å². The number of fused-ring (bicyclic) bond motifs is 4. The standard InChI is InChI=1S/C33H40N5O6P/c1-7-41-20-28-36-29-30(25-16-10-11-17-26(25)35-31(29)34)38(28)21(2)19-42-45(40,37-22(3)32(39)43-33(4,5)6)44-27-18-12-14-23-13-8-9-15-24(23)27/h8-18,21-22H,7,19-20H2,1-6H3,(H2,34,35)(H,37,40)/t21-,22-,45-/m0/s1. The second-order valence-electron chi connectivity index (χ2n) is 11.8. The Morgan fingerprint density at radius 3 is 2.42 bits per heavy atom. The smallest absolute Gasteiger partial charge is 0.459 e. The number of imidazole rings is 1. The van der Waals surface area contributed by atoms with Crippen LogP contribution in [0.2, 0.25) is 0 Å². The Bertz CT molecular complexity index is 1880. The number of nitrogen functional groups attached to an aromatic ring is 1. The molecule has 238 valence electrons. The quantitative estimate of drug-likeness (QED) is 0.110. The highest BCUT2D eigenvalue weighted by Gasteiger charge is 2.35. The summed E-state index contributed by atoms with van der Waals surface area (Å²) < 4.78 is 40.1. The van der Waals surface area contributed by atoms with Crippen molar-refractivity contribution in [2.24, 2.45) is 0 Å². The van der Waals surface area contributed by atoms with Gasteiger partial charge in [-0.05, 0) is 59.1 Å². The van der Waals surface area contributed by atoms with Gasteiger partial charge in [0.15, 0.2) is 5.82 Å². The summed E-state index contributed by atoms with van der Waals surface area (Å²) >= 11 is 0. The molecule has 3 atom stereocenters. The van der Waals surface area contributed by atoms with Crippen LogP contribution in [0.3, 0.4) is 0 Å². The molecule has 0 radical (unpaired) electrons. The van der Waals surface area contributed by atoms with E-state index in [9.17, 15) is 9.36 Å². The maximum atomic E-state index is 14.5. The molecule has 0 spiro atoms. The van der Waals surface area contributed by atoms with Gasteiger partial charge in [-0.15, -0.1) is 0 Å². The number of hydrogen-bond donors (Lipinski definition) is 2. The summed E-state index contributed by atoms with van der Waals surface area (Å²) in [7, 11) is -4.18. The fraction of sp³-hybridized carbons (Fsp3) is 0.364. The highest BCUT2D eigenvalue weighted by Crippen LogP contribution is 2.47. The Labute approximate surface area is 262 Å². The van der Waals surface area contributed by atoms with E-state index in [1.54, 1.807) is 33.8 Å². The molecule has 45 heavy (non-hydrogen) atoms. The summed E-state index contributed by atoms with van der Waals surface area (Å²) in [5.41, 5.74) is 7.65. The van der Waals surface area contributed by atoms with Crippen LogP contribution in [-0.4, -0.2) is 45.4 Å². The number of nitrogens with two attached hydrogens (primary N) is 1. The lowest BCUT2D eigenvalue weighted by Gasteiger charge is -2.27. The second kappa shape index (κ2) is 13.1. The first-order valence-electron chi connectivity index (χ1n) is 14.9. The highest BCUT2D eigenvalue weighted by atomic mass is 31.2. The van der Waals surface area contributed by atoms with E-state index in [0.29, 0.717) is 29.5 Å². The lowest BCUT2D eigenvalue weighted by Crippen LogP contribution is -2.39. The molecular formula is C33H40N5O6P. The van der Waals surface area contributed by atoms with Crippen molar-refractivity contribution in [1.29, 1.82) is 0 Å². The molecule has 3 aromatic carbocycles. The molecule has 0 aliphatic heterocycles. The Morgan fingerprint density at radius 1 is 1.00 bits per heavy atom. The molecule has 5 rings (SSSR count). The Balaban J connectivity index is 1.51. The third-order valence-corrected chi connectivity index (χ3v) is 8.70. The van der Waals surface area contributed by atoms with Crippen LogP contribution in [-0.2, 0) is 30.0 Å². The van der Waals surface area contributed by atoms with Gasteiger partial charge in [0.05, 0.1) is 23.7 Å². The predicted molar refractivity (Wildman–Crippen MR) is 176 cm³/mol. The molecule has 0 aliphatic rings. The first-order valence-corrected chi connectivity index (χ1v) is 16.5. The van der Waals surface area contributed by atoms with Crippen LogP contribution in [0.1, 0.15) is 53.4 Å². The van der Waals surface area contributed by atoms with Crippen LogP contribution < -0.4 is 15.3 Å². The summed E-state index contributed by atoms with van der Waals surface area (Å²) in [6, 6.07) is 19.3. The van der Waals surface area contributed by atoms with Gasteiger partial charge in [-0.25, -0.2) is 14.5 Å². The molecule has 12 heteroatoms. The molecule has 0 bridgehead atoms. The molecule has 11 nitrogen and oxygen atoms in total. The zero-order valence-electron chi connectivity index (χ0n) is 26.4. The van der Waals surface area contributed by atoms with E-state index in [2.05, 4.69) is 10.1 Å². The molecule has 2 aromatic heterocycles. The molecule has 3 N–H and O–H groups in total. The minimum absolute atomic E-state index is 0.0722. The molecule has 0 saturated heterocycles. The Morgan fingerprint density at radius 2 is 1.69 bits per heavy atom. The molecule has 2 heterocycles. The minimum Gasteiger partial charge on any atom is -0.459 e. The van der Waals surface area contributed by atoms with Crippen LogP contribution in [0.15, 0.2) is 66.7 Å². The highest BCUT2D eigenvalue weighted by molar-refractivity contribution is 7.52. The average Bonchev–Trinajstić information content (AvgIpc) is 3.39. The van der Waals surface area contributed by atoms with E-state index < -0.39 is 31.4 Å². The summed E-state index contributed by atoms with van der Waals surface area (Å²) in [5.74, 6) is 0.677. The van der Waals surface area contributed by atoms with Crippen molar-refractivity contribution in [2.45, 2.75) is 65.8 Å². The van der Waals surface area contributed by atoms with E-state index in [0.717, 1.165) is 27.2 Å². The lowest BCUT2D eigenvalue weighted by molar-refractivity contribution is -0.156. The van der Waals surface area contributed by atoms with Crippen LogP contribution in [0, 0.1) is 0 Å². The summed E-state index contributed by atoms with van der Waals surface area (Å²) in [6.07, 6.45) is 0. The monoisotopic (exact) mass is 633 g/mol. The number of pyridine rings is 1. The fourth-order valence-electron chi connectivity index (χ4n) is 5.09. The van der Waals surface area contributed by atoms with Crippen molar-refractivity contribution >= 4 is 52.2 Å². The zero-order chi connectivity index (χ0) is 32.4. The first-order chi connectivity index (χ1) is 21.4. The summed E-state index contributed by atoms with van der Waals surface area (Å²) in [4.78, 5) is 22.2. The maximum absolute atomic E-state index is 14.5. The number of aromatic nitrogens is 3. The van der Waals surface area contributed by atoms with Crippen LogP contribution in [0.4, 0.5) is 5.82 Å². The SMILES string of the molecule is CCOCc1nc2c(N)nc3ccccc3c2n1[C@@H](C)CO[P@@](=O)(N[C@@H](C)C(=O)OC(C)(C)C)Oc1cccc2ccccc12. The van der Waals surface area contributed by atoms with Crippen molar-refractivity contribution in [2.75, 3.05) is 18.9 Å². The first kappa shape index (κ1) is 32.4. The third-order valence-electron chi connectivity index (χ3n) is 7.07. The molecule has 0 unspecified atom stereocenters. The molecule has 0 saturated carbocycles. The third kappa shape index (κ3) is 7.28. The van der Waals surface area contributed by atoms with Crippen molar-refractivity contribution in [1.82, 2.24) is 19.6 Å². The van der Waals surface area contributed by atoms with Crippen molar-refractivity contribution < 1.29 is 27.9 Å². The molecule has 0 fully saturated rings. The maximum Gasteiger partial charge on any atom is 0.459 e. The topological polar surface area (TPSA) is 140 Å².